The van der Waals surface area contributed by atoms with Crippen LogP contribution in [0.5, 0.6) is 0 Å². The molecule has 4 N–H and O–H groups in total. The summed E-state index contributed by atoms with van der Waals surface area (Å²) in [6, 6.07) is 25.7. The van der Waals surface area contributed by atoms with Crippen molar-refractivity contribution in [1.82, 2.24) is 30.6 Å². The molecule has 7 heteroatoms. The Bertz CT molecular complexity index is 1740. The van der Waals surface area contributed by atoms with E-state index >= 15 is 0 Å². The van der Waals surface area contributed by atoms with Gasteiger partial charge in [-0.2, -0.15) is 0 Å². The molecule has 5 aromatic rings. The molecule has 2 aromatic heterocycles. The van der Waals surface area contributed by atoms with Crippen LogP contribution in [0.2, 0.25) is 0 Å². The zero-order chi connectivity index (χ0) is 29.6. The molecule has 2 fully saturated rings. The van der Waals surface area contributed by atoms with Crippen LogP contribution in [0.15, 0.2) is 79.1 Å². The van der Waals surface area contributed by atoms with Gasteiger partial charge in [0.1, 0.15) is 11.6 Å². The summed E-state index contributed by atoms with van der Waals surface area (Å²) in [6.07, 6.45) is 9.71. The standard InChI is InChI=1S/C37H41N7/c1-3-33-35-28(32-22-41-37(43-32)30-12-8-20-39-30)18-17-27(34(35)23(2)44(33)26-9-5-4-6-10-26)24-13-15-25(16-14-24)31-21-40-36(42-31)29-11-7-19-38-29/h4-6,9-10,13-18,21-23,29-30,33,38-39H,3,7-8,11-12,19-20H2,1-2H3,(H,40,42)(H,41,43). The van der Waals surface area contributed by atoms with Crippen LogP contribution in [0.25, 0.3) is 33.6 Å². The molecule has 4 atom stereocenters. The molecule has 0 amide bonds. The van der Waals surface area contributed by atoms with Crippen molar-refractivity contribution in [1.29, 1.82) is 0 Å². The third kappa shape index (κ3) is 4.66. The Morgan fingerprint density at radius 1 is 0.705 bits per heavy atom. The third-order valence-corrected chi connectivity index (χ3v) is 10.0. The van der Waals surface area contributed by atoms with E-state index in [0.29, 0.717) is 12.1 Å². The molecule has 0 saturated carbocycles. The van der Waals surface area contributed by atoms with E-state index in [9.17, 15) is 0 Å². The normalized spacial score (nSPS) is 23.0. The fourth-order valence-corrected chi connectivity index (χ4v) is 7.86. The van der Waals surface area contributed by atoms with Crippen molar-refractivity contribution in [2.24, 2.45) is 0 Å². The average molecular weight is 584 g/mol. The Kier molecular flexibility index (Phi) is 7.07. The van der Waals surface area contributed by atoms with Crippen LogP contribution in [0.4, 0.5) is 5.69 Å². The summed E-state index contributed by atoms with van der Waals surface area (Å²) in [7, 11) is 0. The largest absolute Gasteiger partial charge is 0.358 e. The number of nitrogens with zero attached hydrogens (tertiary/aromatic N) is 3. The molecular formula is C37H41N7. The molecule has 4 unspecified atom stereocenters. The van der Waals surface area contributed by atoms with Crippen LogP contribution < -0.4 is 15.5 Å². The fraction of sp³-hybridized carbons (Fsp3) is 0.351. The Morgan fingerprint density at radius 2 is 1.32 bits per heavy atom. The van der Waals surface area contributed by atoms with Gasteiger partial charge in [0.25, 0.3) is 0 Å². The zero-order valence-electron chi connectivity index (χ0n) is 25.6. The Labute approximate surface area is 259 Å². The second-order valence-corrected chi connectivity index (χ2v) is 12.6. The van der Waals surface area contributed by atoms with E-state index < -0.39 is 0 Å². The van der Waals surface area contributed by atoms with Crippen molar-refractivity contribution in [3.63, 3.8) is 0 Å². The van der Waals surface area contributed by atoms with E-state index in [-0.39, 0.29) is 12.1 Å². The maximum atomic E-state index is 4.85. The van der Waals surface area contributed by atoms with Gasteiger partial charge in [0.15, 0.2) is 0 Å². The van der Waals surface area contributed by atoms with Gasteiger partial charge in [-0.25, -0.2) is 9.97 Å². The number of nitrogens with one attached hydrogen (secondary N) is 4. The van der Waals surface area contributed by atoms with Gasteiger partial charge in [0, 0.05) is 11.3 Å². The van der Waals surface area contributed by atoms with Crippen molar-refractivity contribution in [3.8, 4) is 33.6 Å². The first-order valence-electron chi connectivity index (χ1n) is 16.4. The average Bonchev–Trinajstić information content (AvgIpc) is 3.90. The molecule has 0 spiro atoms. The van der Waals surface area contributed by atoms with Crippen LogP contribution in [0, 0.1) is 0 Å². The molecule has 3 aliphatic rings. The van der Waals surface area contributed by atoms with Crippen molar-refractivity contribution >= 4 is 5.69 Å². The first kappa shape index (κ1) is 27.4. The molecule has 5 heterocycles. The summed E-state index contributed by atoms with van der Waals surface area (Å²) < 4.78 is 0. The number of hydrogen-bond donors (Lipinski definition) is 4. The van der Waals surface area contributed by atoms with E-state index in [0.717, 1.165) is 61.0 Å². The van der Waals surface area contributed by atoms with Gasteiger partial charge in [-0.3, -0.25) is 0 Å². The predicted octanol–water partition coefficient (Wildman–Crippen LogP) is 8.02. The lowest BCUT2D eigenvalue weighted by Crippen LogP contribution is -2.24. The molecule has 8 rings (SSSR count). The van der Waals surface area contributed by atoms with Gasteiger partial charge in [-0.05, 0) is 92.1 Å². The minimum Gasteiger partial charge on any atom is -0.358 e. The van der Waals surface area contributed by atoms with Crippen LogP contribution in [-0.4, -0.2) is 33.0 Å². The van der Waals surface area contributed by atoms with Crippen molar-refractivity contribution in [2.75, 3.05) is 18.0 Å². The highest BCUT2D eigenvalue weighted by Gasteiger charge is 2.39. The van der Waals surface area contributed by atoms with Crippen LogP contribution in [0.3, 0.4) is 0 Å². The molecule has 7 nitrogen and oxygen atoms in total. The summed E-state index contributed by atoms with van der Waals surface area (Å²) in [5.74, 6) is 2.09. The Hall–Kier alpha value is -4.20. The highest BCUT2D eigenvalue weighted by atomic mass is 15.2. The van der Waals surface area contributed by atoms with Gasteiger partial charge in [-0.1, -0.05) is 61.5 Å². The first-order valence-corrected chi connectivity index (χ1v) is 16.4. The first-order chi connectivity index (χ1) is 21.7. The highest BCUT2D eigenvalue weighted by molar-refractivity contribution is 5.81. The monoisotopic (exact) mass is 583 g/mol. The molecule has 0 bridgehead atoms. The zero-order valence-corrected chi connectivity index (χ0v) is 25.6. The third-order valence-electron chi connectivity index (χ3n) is 10.0. The maximum Gasteiger partial charge on any atom is 0.123 e. The Morgan fingerprint density at radius 3 is 1.95 bits per heavy atom. The summed E-state index contributed by atoms with van der Waals surface area (Å²) >= 11 is 0. The van der Waals surface area contributed by atoms with E-state index in [2.05, 4.69) is 106 Å². The molecular weight excluding hydrogens is 542 g/mol. The number of aromatic nitrogens is 4. The van der Waals surface area contributed by atoms with Gasteiger partial charge in [0.2, 0.25) is 0 Å². The van der Waals surface area contributed by atoms with E-state index in [1.165, 1.54) is 46.3 Å². The molecule has 44 heavy (non-hydrogen) atoms. The lowest BCUT2D eigenvalue weighted by atomic mass is 9.87. The molecule has 3 aromatic carbocycles. The molecule has 2 saturated heterocycles. The number of imidazole rings is 2. The molecule has 224 valence electrons. The van der Waals surface area contributed by atoms with Crippen molar-refractivity contribution in [3.05, 3.63) is 102 Å². The van der Waals surface area contributed by atoms with Gasteiger partial charge in [-0.15, -0.1) is 0 Å². The number of benzene rings is 3. The minimum atomic E-state index is 0.222. The molecule has 0 aliphatic carbocycles. The van der Waals surface area contributed by atoms with Crippen molar-refractivity contribution in [2.45, 2.75) is 70.1 Å². The number of anilines is 1. The summed E-state index contributed by atoms with van der Waals surface area (Å²) in [5.41, 5.74) is 11.3. The van der Waals surface area contributed by atoms with E-state index in [1.54, 1.807) is 0 Å². The second-order valence-electron chi connectivity index (χ2n) is 12.6. The number of hydrogen-bond acceptors (Lipinski definition) is 5. The van der Waals surface area contributed by atoms with Gasteiger partial charge >= 0.3 is 0 Å². The minimum absolute atomic E-state index is 0.222. The topological polar surface area (TPSA) is 84.7 Å². The summed E-state index contributed by atoms with van der Waals surface area (Å²) in [6.45, 7) is 6.81. The Balaban J connectivity index is 1.20. The number of aromatic amines is 2. The fourth-order valence-electron chi connectivity index (χ4n) is 7.86. The quantitative estimate of drug-likeness (QED) is 0.156. The van der Waals surface area contributed by atoms with E-state index in [1.807, 2.05) is 12.4 Å². The van der Waals surface area contributed by atoms with Gasteiger partial charge < -0.3 is 25.5 Å². The van der Waals surface area contributed by atoms with Crippen LogP contribution >= 0.6 is 0 Å². The lowest BCUT2D eigenvalue weighted by molar-refractivity contribution is 0.597. The summed E-state index contributed by atoms with van der Waals surface area (Å²) in [5, 5.41) is 7.14. The smallest absolute Gasteiger partial charge is 0.123 e. The number of fused-ring (bicyclic) bond motifs is 1. The number of para-hydroxylation sites is 1. The summed E-state index contributed by atoms with van der Waals surface area (Å²) in [4.78, 5) is 19.4. The van der Waals surface area contributed by atoms with Crippen LogP contribution in [0.1, 0.15) is 92.9 Å². The van der Waals surface area contributed by atoms with Gasteiger partial charge in [0.05, 0.1) is 47.9 Å². The predicted molar refractivity (Wildman–Crippen MR) is 177 cm³/mol. The number of H-pyrrole nitrogens is 2. The SMILES string of the molecule is CCC1c2c(-c3cnc(C4CCCN4)[nH]3)ccc(-c3ccc(-c4cnc(C5CCCN5)[nH]4)cc3)c2C(C)N1c1ccccc1. The van der Waals surface area contributed by atoms with Crippen molar-refractivity contribution < 1.29 is 0 Å². The maximum absolute atomic E-state index is 4.85. The highest BCUT2D eigenvalue weighted by Crippen LogP contribution is 2.52. The number of rotatable bonds is 7. The van der Waals surface area contributed by atoms with E-state index in [4.69, 9.17) is 9.97 Å². The van der Waals surface area contributed by atoms with Crippen LogP contribution in [-0.2, 0) is 0 Å². The molecule has 3 aliphatic heterocycles. The molecule has 0 radical (unpaired) electrons. The second kappa shape index (κ2) is 11.4. The lowest BCUT2D eigenvalue weighted by Gasteiger charge is -2.31.